The number of ketones is 1. The van der Waals surface area contributed by atoms with Crippen LogP contribution < -0.4 is 0 Å². The summed E-state index contributed by atoms with van der Waals surface area (Å²) < 4.78 is 11.7. The van der Waals surface area contributed by atoms with Crippen molar-refractivity contribution in [2.45, 2.75) is 76.8 Å². The highest BCUT2D eigenvalue weighted by molar-refractivity contribution is 5.94. The number of carbonyl (C=O) groups excluding carboxylic acids is 1. The van der Waals surface area contributed by atoms with Crippen molar-refractivity contribution in [3.05, 3.63) is 0 Å². The van der Waals surface area contributed by atoms with Crippen molar-refractivity contribution >= 4 is 5.78 Å². The van der Waals surface area contributed by atoms with Crippen LogP contribution in [0.15, 0.2) is 0 Å². The smallest absolute Gasteiger partial charge is 0.170 e. The van der Waals surface area contributed by atoms with E-state index in [1.54, 1.807) is 0 Å². The van der Waals surface area contributed by atoms with Gasteiger partial charge < -0.3 is 9.47 Å². The third-order valence-corrected chi connectivity index (χ3v) is 8.86. The van der Waals surface area contributed by atoms with Crippen molar-refractivity contribution in [3.63, 3.8) is 0 Å². The molecule has 6 aliphatic rings. The Morgan fingerprint density at radius 1 is 1.09 bits per heavy atom. The van der Waals surface area contributed by atoms with E-state index in [4.69, 9.17) is 9.47 Å². The predicted octanol–water partition coefficient (Wildman–Crippen LogP) is 2.96. The van der Waals surface area contributed by atoms with Crippen LogP contribution in [0, 0.1) is 34.5 Å². The Morgan fingerprint density at radius 2 is 1.95 bits per heavy atom. The Labute approximate surface area is 132 Å². The van der Waals surface area contributed by atoms with Crippen LogP contribution in [0.4, 0.5) is 0 Å². The van der Waals surface area contributed by atoms with Gasteiger partial charge in [0.25, 0.3) is 0 Å². The van der Waals surface area contributed by atoms with Gasteiger partial charge in [0, 0.05) is 11.3 Å². The number of ether oxygens (including phenoxy) is 2. The summed E-state index contributed by atoms with van der Waals surface area (Å²) in [7, 11) is 0. The molecule has 0 aromatic rings. The van der Waals surface area contributed by atoms with Gasteiger partial charge in [-0.2, -0.15) is 0 Å². The van der Waals surface area contributed by atoms with Crippen molar-refractivity contribution < 1.29 is 14.3 Å². The number of hydrogen-bond donors (Lipinski definition) is 0. The maximum atomic E-state index is 12.7. The highest BCUT2D eigenvalue weighted by atomic mass is 16.6. The van der Waals surface area contributed by atoms with Crippen LogP contribution in [0.1, 0.15) is 52.4 Å². The van der Waals surface area contributed by atoms with E-state index in [2.05, 4.69) is 13.8 Å². The average molecular weight is 302 g/mol. The minimum Gasteiger partial charge on any atom is -0.370 e. The summed E-state index contributed by atoms with van der Waals surface area (Å²) >= 11 is 0. The second-order valence-electron chi connectivity index (χ2n) is 9.57. The van der Waals surface area contributed by atoms with E-state index in [9.17, 15) is 4.79 Å². The molecule has 4 aliphatic carbocycles. The van der Waals surface area contributed by atoms with Gasteiger partial charge in [0.1, 0.15) is 6.10 Å². The predicted molar refractivity (Wildman–Crippen MR) is 80.2 cm³/mol. The molecule has 0 amide bonds. The highest BCUT2D eigenvalue weighted by Crippen LogP contribution is 2.69. The fraction of sp³-hybridized carbons (Fsp3) is 0.947. The molecule has 22 heavy (non-hydrogen) atoms. The molecule has 2 aliphatic heterocycles. The summed E-state index contributed by atoms with van der Waals surface area (Å²) in [4.78, 5) is 12.7. The molecule has 0 bridgehead atoms. The molecule has 0 radical (unpaired) electrons. The molecule has 0 aromatic heterocycles. The monoisotopic (exact) mass is 302 g/mol. The molecule has 4 saturated carbocycles. The van der Waals surface area contributed by atoms with Crippen molar-refractivity contribution in [3.8, 4) is 0 Å². The molecule has 2 saturated heterocycles. The molecule has 2 heterocycles. The van der Waals surface area contributed by atoms with Crippen LogP contribution >= 0.6 is 0 Å². The molecular formula is C19H26O3. The van der Waals surface area contributed by atoms with Crippen molar-refractivity contribution in [2.24, 2.45) is 34.5 Å². The third kappa shape index (κ3) is 1.32. The lowest BCUT2D eigenvalue weighted by molar-refractivity contribution is -0.148. The number of epoxide rings is 2. The van der Waals surface area contributed by atoms with Crippen LogP contribution in [0.25, 0.3) is 0 Å². The summed E-state index contributed by atoms with van der Waals surface area (Å²) in [6.07, 6.45) is 9.00. The summed E-state index contributed by atoms with van der Waals surface area (Å²) in [5.41, 5.74) is 0.392. The lowest BCUT2D eigenvalue weighted by Gasteiger charge is -2.59. The van der Waals surface area contributed by atoms with E-state index in [1.165, 1.54) is 32.1 Å². The first-order chi connectivity index (χ1) is 10.5. The number of fused-ring (bicyclic) bond motifs is 8. The summed E-state index contributed by atoms with van der Waals surface area (Å²) in [5.74, 6) is 3.32. The molecule has 6 rings (SSSR count). The van der Waals surface area contributed by atoms with Gasteiger partial charge in [-0.15, -0.1) is 0 Å². The van der Waals surface area contributed by atoms with Crippen LogP contribution in [-0.2, 0) is 14.3 Å². The van der Waals surface area contributed by atoms with Crippen LogP contribution in [-0.4, -0.2) is 30.2 Å². The fourth-order valence-electron chi connectivity index (χ4n) is 7.60. The van der Waals surface area contributed by atoms with E-state index in [1.807, 2.05) is 0 Å². The van der Waals surface area contributed by atoms with Crippen molar-refractivity contribution in [1.82, 2.24) is 0 Å². The molecule has 3 heteroatoms. The van der Waals surface area contributed by atoms with E-state index in [0.717, 1.165) is 24.2 Å². The summed E-state index contributed by atoms with van der Waals surface area (Å²) in [5, 5.41) is 0. The van der Waals surface area contributed by atoms with Gasteiger partial charge >= 0.3 is 0 Å². The second-order valence-corrected chi connectivity index (χ2v) is 9.57. The zero-order valence-electron chi connectivity index (χ0n) is 13.6. The van der Waals surface area contributed by atoms with E-state index < -0.39 is 0 Å². The Kier molecular flexibility index (Phi) is 2.14. The molecule has 10 atom stereocenters. The Hall–Kier alpha value is -0.410. The standard InChI is InChI=1S/C19H26O3/c1-18-6-5-11-10(14(18)15-16(22-15)17(18)20)4-3-9-7-12-13(21-12)8-19(9,11)2/h9-16H,3-8H2,1-2H3/t9-,10+,11-,12-,13+,14+,15-,16-,18-,19-/m0/s1. The molecule has 120 valence electrons. The Morgan fingerprint density at radius 3 is 2.82 bits per heavy atom. The van der Waals surface area contributed by atoms with Gasteiger partial charge in [-0.25, -0.2) is 0 Å². The Bertz CT molecular complexity index is 573. The highest BCUT2D eigenvalue weighted by Gasteiger charge is 2.73. The Balaban J connectivity index is 1.38. The summed E-state index contributed by atoms with van der Waals surface area (Å²) in [6, 6.07) is 0. The molecule has 0 N–H and O–H groups in total. The van der Waals surface area contributed by atoms with Crippen molar-refractivity contribution in [1.29, 1.82) is 0 Å². The third-order valence-electron chi connectivity index (χ3n) is 8.86. The van der Waals surface area contributed by atoms with Gasteiger partial charge in [0.2, 0.25) is 0 Å². The molecule has 0 spiro atoms. The van der Waals surface area contributed by atoms with Crippen LogP contribution in [0.5, 0.6) is 0 Å². The van der Waals surface area contributed by atoms with E-state index in [-0.39, 0.29) is 17.6 Å². The number of rotatable bonds is 0. The van der Waals surface area contributed by atoms with Gasteiger partial charge in [0.15, 0.2) is 5.78 Å². The van der Waals surface area contributed by atoms with Crippen LogP contribution in [0.2, 0.25) is 0 Å². The largest absolute Gasteiger partial charge is 0.370 e. The van der Waals surface area contributed by atoms with Gasteiger partial charge in [-0.1, -0.05) is 13.8 Å². The van der Waals surface area contributed by atoms with Crippen LogP contribution in [0.3, 0.4) is 0 Å². The average Bonchev–Trinajstić information content (AvgIpc) is 3.37. The number of carbonyl (C=O) groups is 1. The zero-order chi connectivity index (χ0) is 14.9. The topological polar surface area (TPSA) is 42.1 Å². The summed E-state index contributed by atoms with van der Waals surface area (Å²) in [6.45, 7) is 4.80. The number of Topliss-reactive ketones (excluding diaryl/α,β-unsaturated/α-hetero) is 1. The first-order valence-electron chi connectivity index (χ1n) is 9.37. The lowest BCUT2D eigenvalue weighted by atomic mass is 9.45. The van der Waals surface area contributed by atoms with Gasteiger partial charge in [-0.05, 0) is 61.7 Å². The van der Waals surface area contributed by atoms with Crippen molar-refractivity contribution in [2.75, 3.05) is 0 Å². The fourth-order valence-corrected chi connectivity index (χ4v) is 7.60. The normalized spacial score (nSPS) is 67.5. The lowest BCUT2D eigenvalue weighted by Crippen LogP contribution is -2.55. The first kappa shape index (κ1) is 12.9. The minimum atomic E-state index is -0.0643. The molecule has 6 fully saturated rings. The van der Waals surface area contributed by atoms with Gasteiger partial charge in [0.05, 0.1) is 18.3 Å². The second kappa shape index (κ2) is 3.64. The molecular weight excluding hydrogens is 276 g/mol. The molecule has 0 unspecified atom stereocenters. The molecule has 3 nitrogen and oxygen atoms in total. The SMILES string of the molecule is C[C@]12C[C@H]3O[C@H]3C[C@@H]1CC[C@H]1[C@@H]3[C@@H]4O[C@@H]4C(=O)[C@@]3(C)CC[C@@H]12. The quantitative estimate of drug-likeness (QED) is 0.646. The van der Waals surface area contributed by atoms with E-state index in [0.29, 0.717) is 29.3 Å². The van der Waals surface area contributed by atoms with E-state index >= 15 is 0 Å². The maximum Gasteiger partial charge on any atom is 0.170 e. The molecule has 0 aromatic carbocycles. The first-order valence-corrected chi connectivity index (χ1v) is 9.37. The minimum absolute atomic E-state index is 0.0261. The number of hydrogen-bond acceptors (Lipinski definition) is 3. The zero-order valence-corrected chi connectivity index (χ0v) is 13.6. The maximum absolute atomic E-state index is 12.7. The van der Waals surface area contributed by atoms with Gasteiger partial charge in [-0.3, -0.25) is 4.79 Å².